The number of halogens is 3. The molecule has 1 spiro atoms. The highest BCUT2D eigenvalue weighted by atomic mass is 19.4. The Labute approximate surface area is 207 Å². The number of ether oxygens (including phenoxy) is 2. The molecule has 1 amide bonds. The summed E-state index contributed by atoms with van der Waals surface area (Å²) in [6.07, 6.45) is 1.32. The number of aromatic nitrogens is 2. The molecule has 10 heteroatoms. The number of allylic oxidation sites excluding steroid dienone is 2. The van der Waals surface area contributed by atoms with Crippen molar-refractivity contribution in [1.82, 2.24) is 14.7 Å². The predicted molar refractivity (Wildman–Crippen MR) is 126 cm³/mol. The minimum Gasteiger partial charge on any atom is -0.462 e. The normalized spacial score (nSPS) is 19.2. The van der Waals surface area contributed by atoms with Crippen LogP contribution in [0.15, 0.2) is 42.6 Å². The summed E-state index contributed by atoms with van der Waals surface area (Å²) in [6.45, 7) is 8.06. The van der Waals surface area contributed by atoms with E-state index in [-0.39, 0.29) is 23.8 Å². The van der Waals surface area contributed by atoms with Gasteiger partial charge < -0.3 is 14.4 Å². The van der Waals surface area contributed by atoms with Crippen molar-refractivity contribution in [1.29, 1.82) is 0 Å². The number of likely N-dealkylation sites (tertiary alicyclic amines) is 1. The zero-order valence-corrected chi connectivity index (χ0v) is 20.8. The van der Waals surface area contributed by atoms with Crippen molar-refractivity contribution in [3.05, 3.63) is 59.4 Å². The molecule has 0 bridgehead atoms. The highest BCUT2D eigenvalue weighted by molar-refractivity contribution is 5.91. The second kappa shape index (κ2) is 9.29. The molecule has 36 heavy (non-hydrogen) atoms. The van der Waals surface area contributed by atoms with E-state index < -0.39 is 34.8 Å². The summed E-state index contributed by atoms with van der Waals surface area (Å²) in [5, 5.41) is 4.23. The van der Waals surface area contributed by atoms with Gasteiger partial charge in [0.05, 0.1) is 29.7 Å². The highest BCUT2D eigenvalue weighted by Gasteiger charge is 2.48. The van der Waals surface area contributed by atoms with Gasteiger partial charge in [-0.25, -0.2) is 14.3 Å². The Morgan fingerprint density at radius 1 is 1.14 bits per heavy atom. The molecular weight excluding hydrogens is 475 g/mol. The number of hydrogen-bond donors (Lipinski definition) is 0. The van der Waals surface area contributed by atoms with Gasteiger partial charge in [-0.15, -0.1) is 0 Å². The first kappa shape index (κ1) is 25.8. The summed E-state index contributed by atoms with van der Waals surface area (Å²) in [5.74, 6) is -1.01. The van der Waals surface area contributed by atoms with Crippen LogP contribution in [0.1, 0.15) is 68.1 Å². The summed E-state index contributed by atoms with van der Waals surface area (Å²) in [6, 6.07) is 5.16. The minimum absolute atomic E-state index is 0.124. The number of alkyl halides is 3. The van der Waals surface area contributed by atoms with Gasteiger partial charge in [0.15, 0.2) is 0 Å². The molecular formula is C26H30F3N3O4. The van der Waals surface area contributed by atoms with Crippen LogP contribution >= 0.6 is 0 Å². The quantitative estimate of drug-likeness (QED) is 0.392. The zero-order chi connectivity index (χ0) is 26.3. The Morgan fingerprint density at radius 2 is 1.81 bits per heavy atom. The fourth-order valence-corrected chi connectivity index (χ4v) is 4.85. The lowest BCUT2D eigenvalue weighted by molar-refractivity contribution is -0.137. The van der Waals surface area contributed by atoms with E-state index in [1.54, 1.807) is 32.6 Å². The Balaban J connectivity index is 1.70. The Kier molecular flexibility index (Phi) is 6.66. The minimum atomic E-state index is -4.60. The van der Waals surface area contributed by atoms with E-state index in [1.807, 2.05) is 12.2 Å². The molecule has 1 aromatic carbocycles. The fourth-order valence-electron chi connectivity index (χ4n) is 4.85. The van der Waals surface area contributed by atoms with Crippen molar-refractivity contribution in [2.75, 3.05) is 19.7 Å². The molecule has 1 fully saturated rings. The van der Waals surface area contributed by atoms with Crippen LogP contribution in [0.5, 0.6) is 0 Å². The summed E-state index contributed by atoms with van der Waals surface area (Å²) in [4.78, 5) is 27.0. The standard InChI is InChI=1S/C26H30F3N3O4/c1-5-35-22(33)17-16-30-32(20-9-7-6-8-18(20)26(27,28)29)21(17)19-10-11-25(19)12-14-31(15-13-25)23(34)36-24(2,3)4/h6-11,16,19H,5,12-15H2,1-4H3. The molecule has 2 aromatic rings. The molecule has 194 valence electrons. The van der Waals surface area contributed by atoms with Crippen LogP contribution in [0, 0.1) is 5.41 Å². The predicted octanol–water partition coefficient (Wildman–Crippen LogP) is 5.74. The molecule has 0 radical (unpaired) electrons. The van der Waals surface area contributed by atoms with Crippen molar-refractivity contribution in [3.8, 4) is 5.69 Å². The maximum atomic E-state index is 13.8. The first-order chi connectivity index (χ1) is 16.9. The number of amides is 1. The lowest BCUT2D eigenvalue weighted by atomic mass is 9.60. The summed E-state index contributed by atoms with van der Waals surface area (Å²) in [7, 11) is 0. The van der Waals surface area contributed by atoms with E-state index in [1.165, 1.54) is 29.1 Å². The number of esters is 1. The SMILES string of the molecule is CCOC(=O)c1cnn(-c2ccccc2C(F)(F)F)c1C1C=CC12CCN(C(=O)OC(C)(C)C)CC2. The van der Waals surface area contributed by atoms with E-state index in [0.29, 0.717) is 31.6 Å². The second-order valence-corrected chi connectivity index (χ2v) is 10.1. The third-order valence-corrected chi connectivity index (χ3v) is 6.62. The number of para-hydroxylation sites is 1. The van der Waals surface area contributed by atoms with Gasteiger partial charge in [-0.3, -0.25) is 0 Å². The number of carbonyl (C=O) groups excluding carboxylic acids is 2. The third-order valence-electron chi connectivity index (χ3n) is 6.62. The van der Waals surface area contributed by atoms with Gasteiger partial charge in [-0.05, 0) is 52.7 Å². The number of benzene rings is 1. The molecule has 1 saturated heterocycles. The molecule has 2 aliphatic rings. The molecule has 1 atom stereocenters. The molecule has 0 N–H and O–H groups in total. The van der Waals surface area contributed by atoms with Crippen LogP contribution in [-0.2, 0) is 15.7 Å². The number of carbonyl (C=O) groups is 2. The monoisotopic (exact) mass is 505 g/mol. The van der Waals surface area contributed by atoms with Gasteiger partial charge >= 0.3 is 18.2 Å². The molecule has 4 rings (SSSR count). The topological polar surface area (TPSA) is 73.7 Å². The van der Waals surface area contributed by atoms with Gasteiger partial charge in [0.2, 0.25) is 0 Å². The van der Waals surface area contributed by atoms with E-state index in [2.05, 4.69) is 5.10 Å². The number of hydrogen-bond acceptors (Lipinski definition) is 5. The molecule has 1 unspecified atom stereocenters. The van der Waals surface area contributed by atoms with Gasteiger partial charge in [0.1, 0.15) is 11.2 Å². The maximum absolute atomic E-state index is 13.8. The first-order valence-corrected chi connectivity index (χ1v) is 12.0. The molecule has 7 nitrogen and oxygen atoms in total. The maximum Gasteiger partial charge on any atom is 0.418 e. The van der Waals surface area contributed by atoms with E-state index in [9.17, 15) is 22.8 Å². The highest BCUT2D eigenvalue weighted by Crippen LogP contribution is 2.54. The Hall–Kier alpha value is -3.30. The number of rotatable bonds is 4. The molecule has 0 saturated carbocycles. The third kappa shape index (κ3) is 4.85. The molecule has 1 aliphatic carbocycles. The van der Waals surface area contributed by atoms with Crippen LogP contribution < -0.4 is 0 Å². The van der Waals surface area contributed by atoms with E-state index in [4.69, 9.17) is 9.47 Å². The lowest BCUT2D eigenvalue weighted by Crippen LogP contribution is -2.48. The summed E-state index contributed by atoms with van der Waals surface area (Å²) in [5.41, 5.74) is -1.54. The van der Waals surface area contributed by atoms with Crippen molar-refractivity contribution >= 4 is 12.1 Å². The van der Waals surface area contributed by atoms with Crippen molar-refractivity contribution in [2.45, 2.75) is 58.2 Å². The van der Waals surface area contributed by atoms with Crippen LogP contribution in [0.3, 0.4) is 0 Å². The largest absolute Gasteiger partial charge is 0.462 e. The zero-order valence-electron chi connectivity index (χ0n) is 20.8. The summed E-state index contributed by atoms with van der Waals surface area (Å²) >= 11 is 0. The smallest absolute Gasteiger partial charge is 0.418 e. The van der Waals surface area contributed by atoms with Crippen LogP contribution in [0.4, 0.5) is 18.0 Å². The molecule has 1 aromatic heterocycles. The lowest BCUT2D eigenvalue weighted by Gasteiger charge is -2.49. The number of nitrogens with zero attached hydrogens (tertiary/aromatic N) is 3. The van der Waals surface area contributed by atoms with Gasteiger partial charge in [0, 0.05) is 24.4 Å². The van der Waals surface area contributed by atoms with Gasteiger partial charge in [-0.1, -0.05) is 24.3 Å². The Morgan fingerprint density at radius 3 is 2.36 bits per heavy atom. The fraction of sp³-hybridized carbons (Fsp3) is 0.500. The average Bonchev–Trinajstić information content (AvgIpc) is 3.21. The summed E-state index contributed by atoms with van der Waals surface area (Å²) < 4.78 is 53.4. The van der Waals surface area contributed by atoms with Crippen LogP contribution in [0.25, 0.3) is 5.69 Å². The van der Waals surface area contributed by atoms with Crippen molar-refractivity contribution in [3.63, 3.8) is 0 Å². The Bertz CT molecular complexity index is 1170. The first-order valence-electron chi connectivity index (χ1n) is 12.0. The second-order valence-electron chi connectivity index (χ2n) is 10.1. The van der Waals surface area contributed by atoms with E-state index in [0.717, 1.165) is 6.07 Å². The molecule has 1 aliphatic heterocycles. The van der Waals surface area contributed by atoms with E-state index >= 15 is 0 Å². The van der Waals surface area contributed by atoms with Gasteiger partial charge in [0.25, 0.3) is 0 Å². The molecule has 2 heterocycles. The van der Waals surface area contributed by atoms with Crippen LogP contribution in [0.2, 0.25) is 0 Å². The van der Waals surface area contributed by atoms with Crippen LogP contribution in [-0.4, -0.2) is 52.0 Å². The number of piperidine rings is 1. The van der Waals surface area contributed by atoms with Gasteiger partial charge in [-0.2, -0.15) is 18.3 Å². The van der Waals surface area contributed by atoms with Crippen molar-refractivity contribution < 1.29 is 32.2 Å². The average molecular weight is 506 g/mol. The van der Waals surface area contributed by atoms with Crippen molar-refractivity contribution in [2.24, 2.45) is 5.41 Å².